The van der Waals surface area contributed by atoms with E-state index < -0.39 is 0 Å². The maximum atomic E-state index is 11.7. The maximum Gasteiger partial charge on any atom is 0.306 e. The topological polar surface area (TPSA) is 61.2 Å². The van der Waals surface area contributed by atoms with Gasteiger partial charge in [0.25, 0.3) is 0 Å². The van der Waals surface area contributed by atoms with Gasteiger partial charge in [-0.2, -0.15) is 0 Å². The molecule has 19 heavy (non-hydrogen) atoms. The molecule has 5 nitrogen and oxygen atoms in total. The number of hydrogen-bond donors (Lipinski definition) is 0. The van der Waals surface area contributed by atoms with Gasteiger partial charge in [0.05, 0.1) is 13.0 Å². The molecule has 0 aliphatic rings. The predicted octanol–water partition coefficient (Wildman–Crippen LogP) is 2.14. The van der Waals surface area contributed by atoms with Gasteiger partial charge >= 0.3 is 5.97 Å². The van der Waals surface area contributed by atoms with Gasteiger partial charge in [0.2, 0.25) is 0 Å². The average molecular weight is 266 g/mol. The summed E-state index contributed by atoms with van der Waals surface area (Å²) < 4.78 is 6.85. The van der Waals surface area contributed by atoms with Crippen LogP contribution in [-0.2, 0) is 27.3 Å². The first-order valence-electron chi connectivity index (χ1n) is 6.84. The molecule has 1 aromatic heterocycles. The molecule has 0 saturated carbocycles. The van der Waals surface area contributed by atoms with Crippen LogP contribution in [0.15, 0.2) is 12.4 Å². The van der Waals surface area contributed by atoms with Crippen LogP contribution in [0.1, 0.15) is 45.4 Å². The summed E-state index contributed by atoms with van der Waals surface area (Å²) in [6, 6.07) is 0. The van der Waals surface area contributed by atoms with Gasteiger partial charge in [0.1, 0.15) is 11.6 Å². The van der Waals surface area contributed by atoms with Crippen molar-refractivity contribution in [1.82, 2.24) is 9.55 Å². The Balaban J connectivity index is 2.29. The summed E-state index contributed by atoms with van der Waals surface area (Å²) in [5.74, 6) is 0.716. The van der Waals surface area contributed by atoms with E-state index in [0.29, 0.717) is 19.4 Å². The van der Waals surface area contributed by atoms with Crippen LogP contribution in [0.4, 0.5) is 0 Å². The lowest BCUT2D eigenvalue weighted by atomic mass is 10.1. The van der Waals surface area contributed by atoms with Gasteiger partial charge in [-0.05, 0) is 13.3 Å². The van der Waals surface area contributed by atoms with Crippen molar-refractivity contribution < 1.29 is 14.3 Å². The summed E-state index contributed by atoms with van der Waals surface area (Å²) in [5.41, 5.74) is 0. The maximum absolute atomic E-state index is 11.7. The molecule has 0 aliphatic carbocycles. The minimum atomic E-state index is -0.302. The van der Waals surface area contributed by atoms with Gasteiger partial charge in [-0.1, -0.05) is 6.92 Å². The third kappa shape index (κ3) is 5.68. The standard InChI is InChI=1S/C14H22N2O3/c1-3-10-16-11-9-15-13(16)7-5-12(17)6-8-14(18)19-4-2/h9,11H,3-8,10H2,1-2H3. The summed E-state index contributed by atoms with van der Waals surface area (Å²) in [6.45, 7) is 5.15. The van der Waals surface area contributed by atoms with E-state index in [1.54, 1.807) is 13.1 Å². The van der Waals surface area contributed by atoms with Crippen LogP contribution in [0.25, 0.3) is 0 Å². The van der Waals surface area contributed by atoms with Crippen LogP contribution < -0.4 is 0 Å². The van der Waals surface area contributed by atoms with Crippen molar-refractivity contribution in [3.63, 3.8) is 0 Å². The highest BCUT2D eigenvalue weighted by molar-refractivity contribution is 5.82. The lowest BCUT2D eigenvalue weighted by Crippen LogP contribution is -2.10. The molecular formula is C14H22N2O3. The Morgan fingerprint density at radius 2 is 2.05 bits per heavy atom. The summed E-state index contributed by atoms with van der Waals surface area (Å²) >= 11 is 0. The van der Waals surface area contributed by atoms with Crippen LogP contribution in [0.2, 0.25) is 0 Å². The number of ether oxygens (including phenoxy) is 1. The predicted molar refractivity (Wildman–Crippen MR) is 71.7 cm³/mol. The van der Waals surface area contributed by atoms with E-state index in [-0.39, 0.29) is 24.6 Å². The Bertz CT molecular complexity index is 413. The zero-order valence-electron chi connectivity index (χ0n) is 11.7. The van der Waals surface area contributed by atoms with Gasteiger partial charge in [-0.25, -0.2) is 4.98 Å². The fraction of sp³-hybridized carbons (Fsp3) is 0.643. The Hall–Kier alpha value is -1.65. The summed E-state index contributed by atoms with van der Waals surface area (Å²) in [5, 5.41) is 0. The molecule has 0 N–H and O–H groups in total. The molecule has 5 heteroatoms. The molecule has 0 aliphatic heterocycles. The largest absolute Gasteiger partial charge is 0.466 e. The number of carbonyl (C=O) groups excluding carboxylic acids is 2. The number of rotatable bonds is 9. The molecule has 0 amide bonds. The molecule has 0 unspecified atom stereocenters. The van der Waals surface area contributed by atoms with E-state index in [1.165, 1.54) is 0 Å². The highest BCUT2D eigenvalue weighted by atomic mass is 16.5. The van der Waals surface area contributed by atoms with Gasteiger partial charge in [0.15, 0.2) is 0 Å². The van der Waals surface area contributed by atoms with Crippen LogP contribution >= 0.6 is 0 Å². The number of esters is 1. The van der Waals surface area contributed by atoms with Crippen LogP contribution in [0, 0.1) is 0 Å². The van der Waals surface area contributed by atoms with Crippen LogP contribution in [0.5, 0.6) is 0 Å². The first kappa shape index (κ1) is 15.4. The molecular weight excluding hydrogens is 244 g/mol. The zero-order valence-corrected chi connectivity index (χ0v) is 11.7. The van der Waals surface area contributed by atoms with E-state index in [1.807, 2.05) is 6.20 Å². The number of ketones is 1. The van der Waals surface area contributed by atoms with Crippen molar-refractivity contribution in [3.05, 3.63) is 18.2 Å². The number of Topliss-reactive ketones (excluding diaryl/α,β-unsaturated/α-hetero) is 1. The number of aryl methyl sites for hydroxylation is 2. The fourth-order valence-corrected chi connectivity index (χ4v) is 1.86. The molecule has 0 saturated heterocycles. The summed E-state index contributed by atoms with van der Waals surface area (Å²) in [7, 11) is 0. The second-order valence-corrected chi connectivity index (χ2v) is 4.38. The number of nitrogens with zero attached hydrogens (tertiary/aromatic N) is 2. The molecule has 0 fully saturated rings. The van der Waals surface area contributed by atoms with E-state index in [4.69, 9.17) is 4.74 Å². The van der Waals surface area contributed by atoms with Crippen molar-refractivity contribution in [3.8, 4) is 0 Å². The van der Waals surface area contributed by atoms with Crippen molar-refractivity contribution in [1.29, 1.82) is 0 Å². The Morgan fingerprint density at radius 3 is 2.74 bits per heavy atom. The summed E-state index contributed by atoms with van der Waals surface area (Å²) in [6.07, 6.45) is 6.23. The minimum Gasteiger partial charge on any atom is -0.466 e. The normalized spacial score (nSPS) is 10.4. The fourth-order valence-electron chi connectivity index (χ4n) is 1.86. The molecule has 0 spiro atoms. The molecule has 1 aromatic rings. The van der Waals surface area contributed by atoms with E-state index in [2.05, 4.69) is 16.5 Å². The smallest absolute Gasteiger partial charge is 0.306 e. The number of hydrogen-bond acceptors (Lipinski definition) is 4. The molecule has 1 heterocycles. The molecule has 0 aromatic carbocycles. The lowest BCUT2D eigenvalue weighted by molar-refractivity contribution is -0.144. The van der Waals surface area contributed by atoms with Crippen molar-refractivity contribution >= 4 is 11.8 Å². The SMILES string of the molecule is CCCn1ccnc1CCC(=O)CCC(=O)OCC. The van der Waals surface area contributed by atoms with Gasteiger partial charge in [-0.15, -0.1) is 0 Å². The van der Waals surface area contributed by atoms with Gasteiger partial charge in [0, 0.05) is 38.2 Å². The van der Waals surface area contributed by atoms with Crippen LogP contribution in [0.3, 0.4) is 0 Å². The Morgan fingerprint density at radius 1 is 1.26 bits per heavy atom. The molecule has 0 bridgehead atoms. The third-order valence-electron chi connectivity index (χ3n) is 2.81. The molecule has 106 valence electrons. The molecule has 1 rings (SSSR count). The van der Waals surface area contributed by atoms with Gasteiger partial charge in [-0.3, -0.25) is 9.59 Å². The number of aromatic nitrogens is 2. The minimum absolute atomic E-state index is 0.0825. The zero-order chi connectivity index (χ0) is 14.1. The monoisotopic (exact) mass is 266 g/mol. The van der Waals surface area contributed by atoms with Crippen molar-refractivity contribution in [2.45, 2.75) is 52.5 Å². The molecule has 0 radical (unpaired) electrons. The van der Waals surface area contributed by atoms with E-state index in [9.17, 15) is 9.59 Å². The third-order valence-corrected chi connectivity index (χ3v) is 2.81. The average Bonchev–Trinajstić information content (AvgIpc) is 2.82. The highest BCUT2D eigenvalue weighted by Crippen LogP contribution is 2.06. The molecule has 0 atom stereocenters. The summed E-state index contributed by atoms with van der Waals surface area (Å²) in [4.78, 5) is 27.1. The number of imidazole rings is 1. The van der Waals surface area contributed by atoms with E-state index in [0.717, 1.165) is 18.8 Å². The second kappa shape index (κ2) is 8.45. The van der Waals surface area contributed by atoms with Crippen LogP contribution in [-0.4, -0.2) is 27.9 Å². The highest BCUT2D eigenvalue weighted by Gasteiger charge is 2.09. The second-order valence-electron chi connectivity index (χ2n) is 4.38. The van der Waals surface area contributed by atoms with E-state index >= 15 is 0 Å². The first-order chi connectivity index (χ1) is 9.17. The van der Waals surface area contributed by atoms with Crippen molar-refractivity contribution in [2.75, 3.05) is 6.61 Å². The Kier molecular flexibility index (Phi) is 6.85. The number of carbonyl (C=O) groups is 2. The lowest BCUT2D eigenvalue weighted by Gasteiger charge is -2.05. The Labute approximate surface area is 114 Å². The van der Waals surface area contributed by atoms with Gasteiger partial charge < -0.3 is 9.30 Å². The first-order valence-corrected chi connectivity index (χ1v) is 6.84. The quantitative estimate of drug-likeness (QED) is 0.642. The van der Waals surface area contributed by atoms with Crippen molar-refractivity contribution in [2.24, 2.45) is 0 Å².